The van der Waals surface area contributed by atoms with Crippen LogP contribution in [0, 0.1) is 0 Å². The average Bonchev–Trinajstić information content (AvgIpc) is 3.20. The molecular formula is C19H25F3N4O3. The lowest BCUT2D eigenvalue weighted by Gasteiger charge is -2.21. The molecule has 0 spiro atoms. The first-order valence-corrected chi connectivity index (χ1v) is 9.43. The number of halogens is 3. The van der Waals surface area contributed by atoms with Gasteiger partial charge in [0.2, 0.25) is 17.7 Å². The molecule has 10 heteroatoms. The molecule has 1 aliphatic heterocycles. The molecule has 160 valence electrons. The van der Waals surface area contributed by atoms with E-state index in [0.717, 1.165) is 18.9 Å². The van der Waals surface area contributed by atoms with Crippen molar-refractivity contribution in [2.24, 2.45) is 0 Å². The fourth-order valence-corrected chi connectivity index (χ4v) is 3.02. The standard InChI is InChI=1S/C19H25F3N4O3/c1-2-25(12-16(27)23-11-18(29)26-9-5-6-10-26)13-17(28)24-15-8-4-3-7-14(15)19(20,21)22/h3-4,7-8H,2,5-6,9-13H2,1H3,(H,23,27)(H,24,28). The smallest absolute Gasteiger partial charge is 0.346 e. The van der Waals surface area contributed by atoms with E-state index >= 15 is 0 Å². The molecule has 0 radical (unpaired) electrons. The Morgan fingerprint density at radius 1 is 1.07 bits per heavy atom. The fourth-order valence-electron chi connectivity index (χ4n) is 3.02. The number of hydrogen-bond acceptors (Lipinski definition) is 4. The number of likely N-dealkylation sites (tertiary alicyclic amines) is 1. The van der Waals surface area contributed by atoms with Gasteiger partial charge in [-0.2, -0.15) is 13.2 Å². The monoisotopic (exact) mass is 414 g/mol. The molecule has 1 aromatic carbocycles. The highest BCUT2D eigenvalue weighted by Gasteiger charge is 2.33. The molecule has 0 aromatic heterocycles. The zero-order valence-electron chi connectivity index (χ0n) is 16.2. The molecule has 1 aliphatic rings. The van der Waals surface area contributed by atoms with Crippen LogP contribution in [0.15, 0.2) is 24.3 Å². The minimum atomic E-state index is -4.59. The zero-order valence-corrected chi connectivity index (χ0v) is 16.2. The summed E-state index contributed by atoms with van der Waals surface area (Å²) in [6.07, 6.45) is -2.68. The minimum absolute atomic E-state index is 0.110. The number of rotatable bonds is 8. The molecule has 1 fully saturated rings. The Balaban J connectivity index is 1.83. The maximum absolute atomic E-state index is 13.0. The molecule has 2 rings (SSSR count). The summed E-state index contributed by atoms with van der Waals surface area (Å²) in [4.78, 5) is 39.3. The molecule has 1 heterocycles. The second kappa shape index (κ2) is 10.2. The lowest BCUT2D eigenvalue weighted by atomic mass is 10.1. The van der Waals surface area contributed by atoms with Crippen molar-refractivity contribution in [2.45, 2.75) is 25.9 Å². The number of para-hydroxylation sites is 1. The van der Waals surface area contributed by atoms with Crippen LogP contribution >= 0.6 is 0 Å². The number of anilines is 1. The van der Waals surface area contributed by atoms with E-state index < -0.39 is 23.6 Å². The second-order valence-electron chi connectivity index (χ2n) is 6.76. The van der Waals surface area contributed by atoms with Crippen LogP contribution in [0.25, 0.3) is 0 Å². The van der Waals surface area contributed by atoms with Gasteiger partial charge in [0.25, 0.3) is 0 Å². The molecule has 0 aliphatic carbocycles. The second-order valence-corrected chi connectivity index (χ2v) is 6.76. The van der Waals surface area contributed by atoms with Crippen molar-refractivity contribution in [3.63, 3.8) is 0 Å². The van der Waals surface area contributed by atoms with Crippen LogP contribution in [0.3, 0.4) is 0 Å². The number of carbonyl (C=O) groups is 3. The Bertz CT molecular complexity index is 734. The predicted molar refractivity (Wildman–Crippen MR) is 101 cm³/mol. The van der Waals surface area contributed by atoms with Crippen molar-refractivity contribution in [1.82, 2.24) is 15.1 Å². The van der Waals surface area contributed by atoms with Crippen molar-refractivity contribution in [1.29, 1.82) is 0 Å². The van der Waals surface area contributed by atoms with Crippen LogP contribution < -0.4 is 10.6 Å². The highest BCUT2D eigenvalue weighted by atomic mass is 19.4. The summed E-state index contributed by atoms with van der Waals surface area (Å²) in [6, 6.07) is 4.70. The minimum Gasteiger partial charge on any atom is -0.346 e. The largest absolute Gasteiger partial charge is 0.418 e. The zero-order chi connectivity index (χ0) is 21.4. The number of likely N-dealkylation sites (N-methyl/N-ethyl adjacent to an activating group) is 1. The molecule has 3 amide bonds. The van der Waals surface area contributed by atoms with Crippen molar-refractivity contribution >= 4 is 23.4 Å². The Morgan fingerprint density at radius 2 is 1.69 bits per heavy atom. The lowest BCUT2D eigenvalue weighted by Crippen LogP contribution is -2.44. The van der Waals surface area contributed by atoms with Gasteiger partial charge in [0.15, 0.2) is 0 Å². The highest BCUT2D eigenvalue weighted by Crippen LogP contribution is 2.34. The number of amides is 3. The average molecular weight is 414 g/mol. The summed E-state index contributed by atoms with van der Waals surface area (Å²) in [5, 5.41) is 4.77. The first kappa shape index (κ1) is 22.7. The number of nitrogens with zero attached hydrogens (tertiary/aromatic N) is 2. The van der Waals surface area contributed by atoms with Crippen LogP contribution in [0.5, 0.6) is 0 Å². The van der Waals surface area contributed by atoms with Crippen molar-refractivity contribution in [3.8, 4) is 0 Å². The van der Waals surface area contributed by atoms with Gasteiger partial charge >= 0.3 is 6.18 Å². The van der Waals surface area contributed by atoms with Crippen molar-refractivity contribution in [2.75, 3.05) is 44.6 Å². The first-order valence-electron chi connectivity index (χ1n) is 9.43. The Kier molecular flexibility index (Phi) is 8.00. The molecule has 0 saturated carbocycles. The van der Waals surface area contributed by atoms with Crippen molar-refractivity contribution in [3.05, 3.63) is 29.8 Å². The van der Waals surface area contributed by atoms with E-state index in [2.05, 4.69) is 10.6 Å². The van der Waals surface area contributed by atoms with Gasteiger partial charge in [0.05, 0.1) is 30.9 Å². The summed E-state index contributed by atoms with van der Waals surface area (Å²) < 4.78 is 39.0. The SMILES string of the molecule is CCN(CC(=O)NCC(=O)N1CCCC1)CC(=O)Nc1ccccc1C(F)(F)F. The van der Waals surface area contributed by atoms with Gasteiger partial charge in [-0.25, -0.2) is 0 Å². The summed E-state index contributed by atoms with van der Waals surface area (Å²) >= 11 is 0. The molecule has 1 aromatic rings. The molecule has 2 N–H and O–H groups in total. The summed E-state index contributed by atoms with van der Waals surface area (Å²) in [6.45, 7) is 2.93. The first-order chi connectivity index (χ1) is 13.7. The van der Waals surface area contributed by atoms with E-state index in [1.807, 2.05) is 0 Å². The topological polar surface area (TPSA) is 81.8 Å². The van der Waals surface area contributed by atoms with Crippen LogP contribution in [-0.4, -0.2) is 66.8 Å². The van der Waals surface area contributed by atoms with Gasteiger partial charge in [-0.05, 0) is 31.5 Å². The van der Waals surface area contributed by atoms with E-state index in [-0.39, 0.29) is 31.2 Å². The Hall–Kier alpha value is -2.62. The van der Waals surface area contributed by atoms with Crippen molar-refractivity contribution < 1.29 is 27.6 Å². The van der Waals surface area contributed by atoms with Gasteiger partial charge in [0.1, 0.15) is 0 Å². The number of nitrogens with one attached hydrogen (secondary N) is 2. The highest BCUT2D eigenvalue weighted by molar-refractivity contribution is 5.93. The van der Waals surface area contributed by atoms with Crippen LogP contribution in [0.2, 0.25) is 0 Å². The third-order valence-corrected chi connectivity index (χ3v) is 4.58. The molecule has 0 unspecified atom stereocenters. The van der Waals surface area contributed by atoms with Gasteiger partial charge in [-0.3, -0.25) is 19.3 Å². The maximum Gasteiger partial charge on any atom is 0.418 e. The lowest BCUT2D eigenvalue weighted by molar-refractivity contribution is -0.137. The third kappa shape index (κ3) is 7.04. The Labute approximate surface area is 167 Å². The number of alkyl halides is 3. The predicted octanol–water partition coefficient (Wildman–Crippen LogP) is 1.70. The van der Waals surface area contributed by atoms with Crippen LogP contribution in [-0.2, 0) is 20.6 Å². The van der Waals surface area contributed by atoms with E-state index in [0.29, 0.717) is 19.6 Å². The van der Waals surface area contributed by atoms with Crippen LogP contribution in [0.4, 0.5) is 18.9 Å². The van der Waals surface area contributed by atoms with E-state index in [4.69, 9.17) is 0 Å². The molecule has 0 atom stereocenters. The van der Waals surface area contributed by atoms with Crippen LogP contribution in [0.1, 0.15) is 25.3 Å². The maximum atomic E-state index is 13.0. The molecule has 1 saturated heterocycles. The number of benzene rings is 1. The number of hydrogen-bond donors (Lipinski definition) is 2. The quantitative estimate of drug-likeness (QED) is 0.679. The van der Waals surface area contributed by atoms with Gasteiger partial charge in [-0.15, -0.1) is 0 Å². The van der Waals surface area contributed by atoms with E-state index in [9.17, 15) is 27.6 Å². The summed E-state index contributed by atoms with van der Waals surface area (Å²) in [5.41, 5.74) is -1.27. The van der Waals surface area contributed by atoms with E-state index in [1.54, 1.807) is 11.8 Å². The molecular weight excluding hydrogens is 389 g/mol. The fraction of sp³-hybridized carbons (Fsp3) is 0.526. The Morgan fingerprint density at radius 3 is 2.31 bits per heavy atom. The number of carbonyl (C=O) groups excluding carboxylic acids is 3. The molecule has 0 bridgehead atoms. The normalized spacial score (nSPS) is 14.2. The third-order valence-electron chi connectivity index (χ3n) is 4.58. The summed E-state index contributed by atoms with van der Waals surface area (Å²) in [5.74, 6) is -1.24. The van der Waals surface area contributed by atoms with Gasteiger partial charge in [0, 0.05) is 13.1 Å². The molecule has 29 heavy (non-hydrogen) atoms. The van der Waals surface area contributed by atoms with Gasteiger partial charge < -0.3 is 15.5 Å². The van der Waals surface area contributed by atoms with Gasteiger partial charge in [-0.1, -0.05) is 19.1 Å². The van der Waals surface area contributed by atoms with E-state index in [1.165, 1.54) is 23.1 Å². The molecule has 7 nitrogen and oxygen atoms in total. The summed E-state index contributed by atoms with van der Waals surface area (Å²) in [7, 11) is 0.